The minimum atomic E-state index is -4.40. The lowest BCUT2D eigenvalue weighted by molar-refractivity contribution is -0.870. The molecule has 98 heavy (non-hydrogen) atoms. The quantitative estimate of drug-likeness (QED) is 0.0211. The molecule has 0 saturated carbocycles. The van der Waals surface area contributed by atoms with Gasteiger partial charge in [-0.15, -0.1) is 0 Å². The van der Waals surface area contributed by atoms with E-state index < -0.39 is 26.5 Å². The zero-order valence-electron chi connectivity index (χ0n) is 65.3. The van der Waals surface area contributed by atoms with Crippen LogP contribution in [0.4, 0.5) is 0 Å². The number of rotatable bonds is 78. The minimum Gasteiger partial charge on any atom is -0.462 e. The van der Waals surface area contributed by atoms with Crippen LogP contribution < -0.4 is 0 Å². The third-order valence-electron chi connectivity index (χ3n) is 18.6. The summed E-state index contributed by atoms with van der Waals surface area (Å²) in [5.41, 5.74) is 0. The van der Waals surface area contributed by atoms with Crippen LogP contribution in [0.5, 0.6) is 0 Å². The number of hydrogen-bond acceptors (Lipinski definition) is 7. The van der Waals surface area contributed by atoms with Crippen molar-refractivity contribution in [2.24, 2.45) is 0 Å². The van der Waals surface area contributed by atoms with Gasteiger partial charge in [0.05, 0.1) is 27.7 Å². The summed E-state index contributed by atoms with van der Waals surface area (Å²) in [4.78, 5) is 36.0. The highest BCUT2D eigenvalue weighted by atomic mass is 31.2. The molecule has 0 bridgehead atoms. The number of hydrogen-bond donors (Lipinski definition) is 1. The summed E-state index contributed by atoms with van der Waals surface area (Å²) in [6.45, 7) is 4.27. The molecule has 0 radical (unpaired) electrons. The van der Waals surface area contributed by atoms with E-state index in [1.54, 1.807) is 0 Å². The van der Waals surface area contributed by atoms with Gasteiger partial charge in [0.2, 0.25) is 0 Å². The second-order valence-corrected chi connectivity index (χ2v) is 30.9. The summed E-state index contributed by atoms with van der Waals surface area (Å²) in [5, 5.41) is 0. The van der Waals surface area contributed by atoms with Crippen molar-refractivity contribution in [1.29, 1.82) is 0 Å². The first-order valence-corrected chi connectivity index (χ1v) is 43.5. The summed E-state index contributed by atoms with van der Waals surface area (Å²) in [5.74, 6) is -0.775. The zero-order valence-corrected chi connectivity index (χ0v) is 66.2. The van der Waals surface area contributed by atoms with E-state index in [4.69, 9.17) is 18.5 Å². The van der Waals surface area contributed by atoms with E-state index in [-0.39, 0.29) is 25.6 Å². The van der Waals surface area contributed by atoms with Crippen LogP contribution in [0.2, 0.25) is 0 Å². The molecule has 0 amide bonds. The minimum absolute atomic E-state index is 0.0330. The maximum atomic E-state index is 12.9. The fourth-order valence-electron chi connectivity index (χ4n) is 12.3. The Balaban J connectivity index is 3.88. The number of carbonyl (C=O) groups excluding carboxylic acids is 2. The number of carbonyl (C=O) groups is 2. The van der Waals surface area contributed by atoms with E-state index >= 15 is 0 Å². The first-order valence-electron chi connectivity index (χ1n) is 42.0. The molecule has 0 aromatic rings. The average molecular weight is 1390 g/mol. The molecular formula is C88H161NO8P+. The number of nitrogens with zero attached hydrogens (tertiary/aromatic N) is 1. The van der Waals surface area contributed by atoms with E-state index in [0.717, 1.165) is 83.5 Å². The van der Waals surface area contributed by atoms with Gasteiger partial charge >= 0.3 is 19.8 Å². The van der Waals surface area contributed by atoms with Crippen molar-refractivity contribution in [1.82, 2.24) is 0 Å². The summed E-state index contributed by atoms with van der Waals surface area (Å²) in [7, 11) is 1.50. The van der Waals surface area contributed by atoms with Gasteiger partial charge in [0.15, 0.2) is 6.10 Å². The van der Waals surface area contributed by atoms with E-state index in [1.165, 1.54) is 283 Å². The number of ether oxygens (including phenoxy) is 2. The summed E-state index contributed by atoms with van der Waals surface area (Å²) >= 11 is 0. The average Bonchev–Trinajstić information content (AvgIpc) is 1.23. The van der Waals surface area contributed by atoms with Gasteiger partial charge in [0.25, 0.3) is 0 Å². The van der Waals surface area contributed by atoms with Crippen LogP contribution in [-0.2, 0) is 32.7 Å². The van der Waals surface area contributed by atoms with Crippen molar-refractivity contribution in [2.45, 2.75) is 405 Å². The first kappa shape index (κ1) is 94.9. The molecule has 570 valence electrons. The zero-order chi connectivity index (χ0) is 71.1. The van der Waals surface area contributed by atoms with E-state index in [2.05, 4.69) is 111 Å². The third-order valence-corrected chi connectivity index (χ3v) is 19.6. The Morgan fingerprint density at radius 3 is 0.816 bits per heavy atom. The Labute approximate surface area is 608 Å². The van der Waals surface area contributed by atoms with Crippen molar-refractivity contribution >= 4 is 19.8 Å². The number of phosphoric ester groups is 1. The normalized spacial score (nSPS) is 13.5. The van der Waals surface area contributed by atoms with Crippen LogP contribution in [0.15, 0.2) is 97.2 Å². The lowest BCUT2D eigenvalue weighted by Crippen LogP contribution is -2.37. The first-order chi connectivity index (χ1) is 48.0. The fourth-order valence-corrected chi connectivity index (χ4v) is 13.0. The Bertz CT molecular complexity index is 1980. The summed E-state index contributed by atoms with van der Waals surface area (Å²) in [6, 6.07) is 0. The predicted molar refractivity (Wildman–Crippen MR) is 427 cm³/mol. The smallest absolute Gasteiger partial charge is 0.462 e. The standard InChI is InChI=1S/C88H160NO8P/c1-6-8-10-12-14-16-18-20-22-24-26-28-30-32-34-36-38-40-42-43-44-45-47-49-51-53-55-57-59-61-63-65-67-69-71-73-75-77-79-81-88(91)97-86(85-96-98(92,93)95-83-82-89(3,4)5)84-94-87(90)80-78-76-74-72-70-68-66-64-62-60-58-56-54-52-50-48-46-41-39-37-35-33-31-29-27-25-23-21-19-17-15-13-11-9-7-2/h8-11,14-17,20-23,26-29,86H,6-7,12-13,18-19,24-25,30-85H2,1-5H3/p+1/b10-8-,11-9-,16-14-,17-15-,22-20-,23-21-,28-26-,29-27-. The molecule has 2 atom stereocenters. The van der Waals surface area contributed by atoms with E-state index in [1.807, 2.05) is 21.1 Å². The van der Waals surface area contributed by atoms with Gasteiger partial charge in [-0.25, -0.2) is 4.57 Å². The number of quaternary nitrogens is 1. The number of unbranched alkanes of at least 4 members (excludes halogenated alkanes) is 48. The highest BCUT2D eigenvalue weighted by Crippen LogP contribution is 2.43. The van der Waals surface area contributed by atoms with Crippen molar-refractivity contribution in [3.05, 3.63) is 97.2 Å². The van der Waals surface area contributed by atoms with Crippen LogP contribution >= 0.6 is 7.82 Å². The van der Waals surface area contributed by atoms with Crippen molar-refractivity contribution in [2.75, 3.05) is 47.5 Å². The number of phosphoric acid groups is 1. The number of likely N-dealkylation sites (N-methyl/N-ethyl adjacent to an activating group) is 1. The van der Waals surface area contributed by atoms with Crippen LogP contribution in [0.25, 0.3) is 0 Å². The van der Waals surface area contributed by atoms with Gasteiger partial charge in [-0.1, -0.05) is 394 Å². The third kappa shape index (κ3) is 81.9. The lowest BCUT2D eigenvalue weighted by atomic mass is 10.0. The molecular weight excluding hydrogens is 1230 g/mol. The van der Waals surface area contributed by atoms with Crippen LogP contribution in [0.1, 0.15) is 399 Å². The molecule has 0 heterocycles. The van der Waals surface area contributed by atoms with Crippen molar-refractivity contribution in [3.63, 3.8) is 0 Å². The number of esters is 2. The molecule has 0 aromatic carbocycles. The predicted octanol–water partition coefficient (Wildman–Crippen LogP) is 28.2. The molecule has 0 aliphatic carbocycles. The monoisotopic (exact) mass is 1390 g/mol. The van der Waals surface area contributed by atoms with E-state index in [9.17, 15) is 19.0 Å². The summed E-state index contributed by atoms with van der Waals surface area (Å²) in [6.07, 6.45) is 110. The van der Waals surface area contributed by atoms with Gasteiger partial charge in [-0.3, -0.25) is 18.6 Å². The van der Waals surface area contributed by atoms with Gasteiger partial charge < -0.3 is 18.9 Å². The van der Waals surface area contributed by atoms with Gasteiger partial charge in [-0.05, 0) is 89.9 Å². The lowest BCUT2D eigenvalue weighted by Gasteiger charge is -2.24. The second kappa shape index (κ2) is 78.1. The molecule has 0 aliphatic rings. The fraction of sp³-hybridized carbons (Fsp3) is 0.795. The molecule has 0 fully saturated rings. The largest absolute Gasteiger partial charge is 0.472 e. The van der Waals surface area contributed by atoms with Crippen molar-refractivity contribution in [3.8, 4) is 0 Å². The SMILES string of the molecule is CC/C=C\C/C=C\C/C=C\C/C=C\CCCCCCCCCCCCCCCCCCCCCCCCCCCCC(=O)OC(COC(=O)CCCCCCCCCCCCCCCCCCCCCCCC/C=C\C/C=C\C/C=C\C/C=C\CC)COP(=O)(O)OCC[N+](C)(C)C. The highest BCUT2D eigenvalue weighted by molar-refractivity contribution is 7.47. The molecule has 0 spiro atoms. The Morgan fingerprint density at radius 2 is 0.551 bits per heavy atom. The van der Waals surface area contributed by atoms with Gasteiger partial charge in [0.1, 0.15) is 19.8 Å². The van der Waals surface area contributed by atoms with Crippen LogP contribution in [0, 0.1) is 0 Å². The molecule has 0 aliphatic heterocycles. The molecule has 0 saturated heterocycles. The maximum absolute atomic E-state index is 12.9. The molecule has 1 N–H and O–H groups in total. The summed E-state index contributed by atoms with van der Waals surface area (Å²) < 4.78 is 34.9. The van der Waals surface area contributed by atoms with Crippen LogP contribution in [0.3, 0.4) is 0 Å². The highest BCUT2D eigenvalue weighted by Gasteiger charge is 2.27. The van der Waals surface area contributed by atoms with Crippen LogP contribution in [-0.4, -0.2) is 74.9 Å². The molecule has 0 aromatic heterocycles. The Kier molecular flexibility index (Phi) is 75.6. The van der Waals surface area contributed by atoms with Gasteiger partial charge in [-0.2, -0.15) is 0 Å². The Morgan fingerprint density at radius 1 is 0.316 bits per heavy atom. The molecule has 2 unspecified atom stereocenters. The van der Waals surface area contributed by atoms with E-state index in [0.29, 0.717) is 23.9 Å². The molecule has 0 rings (SSSR count). The molecule has 9 nitrogen and oxygen atoms in total. The van der Waals surface area contributed by atoms with Crippen molar-refractivity contribution < 1.29 is 42.1 Å². The topological polar surface area (TPSA) is 108 Å². The van der Waals surface area contributed by atoms with Gasteiger partial charge in [0, 0.05) is 12.8 Å². The Hall–Kier alpha value is -3.07. The maximum Gasteiger partial charge on any atom is 0.472 e. The second-order valence-electron chi connectivity index (χ2n) is 29.5. The number of allylic oxidation sites excluding steroid dienone is 16. The molecule has 10 heteroatoms.